The molecular weight excluding hydrogens is 342 g/mol. The number of aromatic nitrogens is 1. The van der Waals surface area contributed by atoms with Crippen LogP contribution in [0.25, 0.3) is 0 Å². The fourth-order valence-corrected chi connectivity index (χ4v) is 4.10. The number of benzene rings is 2. The lowest BCUT2D eigenvalue weighted by atomic mass is 9.94. The average Bonchev–Trinajstić information content (AvgIpc) is 2.94. The zero-order chi connectivity index (χ0) is 19.0. The average molecular weight is 372 g/mol. The number of fused-ring (bicyclic) bond motifs is 1. The van der Waals surface area contributed by atoms with Crippen LogP contribution in [0, 0.1) is 34.1 Å². The van der Waals surface area contributed by atoms with Crippen LogP contribution < -0.4 is 4.57 Å². The Morgan fingerprint density at radius 2 is 1.68 bits per heavy atom. The summed E-state index contributed by atoms with van der Waals surface area (Å²) in [6.07, 6.45) is 6.02. The van der Waals surface area contributed by atoms with Gasteiger partial charge in [0.1, 0.15) is 0 Å². The molecular formula is C26H29NO. The van der Waals surface area contributed by atoms with Gasteiger partial charge in [0.2, 0.25) is 0 Å². The van der Waals surface area contributed by atoms with Crippen molar-refractivity contribution in [1.82, 2.24) is 0 Å². The third-order valence-electron chi connectivity index (χ3n) is 5.83. The molecule has 2 nitrogen and oxygen atoms in total. The highest BCUT2D eigenvalue weighted by molar-refractivity contribution is 6.02. The molecule has 1 aliphatic rings. The van der Waals surface area contributed by atoms with E-state index < -0.39 is 0 Å². The van der Waals surface area contributed by atoms with Crippen LogP contribution >= 0.6 is 0 Å². The first-order valence-electron chi connectivity index (χ1n) is 9.68. The highest BCUT2D eigenvalue weighted by Crippen LogP contribution is 2.31. The standard InChI is InChI=1S/C25H26NO.CH3/c1-17-11-22-14-23(25(27)24(22)12-18(17)2)13-21-9-10-26(15-19(21)3)16-20-7-5-4-6-8-20;/h4-12,15,23H,13-14,16H2,1-3H3;1H3/q+1;-1. The van der Waals surface area contributed by atoms with Gasteiger partial charge in [0.25, 0.3) is 0 Å². The van der Waals surface area contributed by atoms with Gasteiger partial charge in [-0.15, -0.1) is 0 Å². The first kappa shape index (κ1) is 20.0. The predicted octanol–water partition coefficient (Wildman–Crippen LogP) is 5.00. The maximum absolute atomic E-state index is 12.9. The summed E-state index contributed by atoms with van der Waals surface area (Å²) < 4.78 is 2.21. The first-order valence-corrected chi connectivity index (χ1v) is 9.68. The lowest BCUT2D eigenvalue weighted by Crippen LogP contribution is -2.34. The molecule has 0 aliphatic heterocycles. The summed E-state index contributed by atoms with van der Waals surface area (Å²) in [6, 6.07) is 17.0. The number of rotatable bonds is 4. The smallest absolute Gasteiger partial charge is 0.173 e. The Labute approximate surface area is 168 Å². The van der Waals surface area contributed by atoms with Gasteiger partial charge in [-0.2, -0.15) is 0 Å². The van der Waals surface area contributed by atoms with E-state index in [2.05, 4.69) is 80.2 Å². The number of nitrogens with zero attached hydrogens (tertiary/aromatic N) is 1. The van der Waals surface area contributed by atoms with Gasteiger partial charge in [-0.3, -0.25) is 4.79 Å². The van der Waals surface area contributed by atoms with Crippen molar-refractivity contribution in [3.05, 3.63) is 107 Å². The third-order valence-corrected chi connectivity index (χ3v) is 5.83. The normalized spacial score (nSPS) is 15.2. The highest BCUT2D eigenvalue weighted by Gasteiger charge is 2.31. The minimum absolute atomic E-state index is 0. The minimum Gasteiger partial charge on any atom is -0.358 e. The molecule has 28 heavy (non-hydrogen) atoms. The van der Waals surface area contributed by atoms with E-state index in [1.165, 1.54) is 33.4 Å². The molecule has 1 aliphatic carbocycles. The molecule has 0 radical (unpaired) electrons. The SMILES string of the molecule is Cc1cc2c(cc1C)C(=O)C(Cc1cc[n+](Cc3ccccc3)cc1C)C2.[CH3-]. The van der Waals surface area contributed by atoms with Crippen molar-refractivity contribution in [2.75, 3.05) is 0 Å². The number of ketones is 1. The van der Waals surface area contributed by atoms with Crippen molar-refractivity contribution in [3.8, 4) is 0 Å². The van der Waals surface area contributed by atoms with Crippen molar-refractivity contribution in [2.45, 2.75) is 40.2 Å². The number of aryl methyl sites for hydroxylation is 3. The van der Waals surface area contributed by atoms with Crippen LogP contribution in [0.5, 0.6) is 0 Å². The number of carbonyl (C=O) groups is 1. The van der Waals surface area contributed by atoms with Crippen molar-refractivity contribution in [3.63, 3.8) is 0 Å². The molecule has 2 heteroatoms. The Balaban J connectivity index is 0.00000225. The van der Waals surface area contributed by atoms with Crippen molar-refractivity contribution in [2.24, 2.45) is 5.92 Å². The summed E-state index contributed by atoms with van der Waals surface area (Å²) in [5.41, 5.74) is 8.47. The molecule has 0 bridgehead atoms. The number of carbonyl (C=O) groups excluding carboxylic acids is 1. The van der Waals surface area contributed by atoms with Gasteiger partial charge in [-0.1, -0.05) is 36.4 Å². The van der Waals surface area contributed by atoms with E-state index in [1.807, 2.05) is 6.07 Å². The fourth-order valence-electron chi connectivity index (χ4n) is 4.10. The van der Waals surface area contributed by atoms with Crippen LogP contribution in [0.4, 0.5) is 0 Å². The molecule has 3 aromatic rings. The van der Waals surface area contributed by atoms with Crippen molar-refractivity contribution in [1.29, 1.82) is 0 Å². The Hall–Kier alpha value is -2.74. The van der Waals surface area contributed by atoms with Crippen LogP contribution in [0.3, 0.4) is 0 Å². The second-order valence-corrected chi connectivity index (χ2v) is 7.87. The molecule has 2 aromatic carbocycles. The van der Waals surface area contributed by atoms with Crippen molar-refractivity contribution < 1.29 is 9.36 Å². The lowest BCUT2D eigenvalue weighted by molar-refractivity contribution is -0.688. The van der Waals surface area contributed by atoms with Crippen LogP contribution in [0.1, 0.15) is 43.7 Å². The monoisotopic (exact) mass is 371 g/mol. The molecule has 0 saturated carbocycles. The second-order valence-electron chi connectivity index (χ2n) is 7.87. The molecule has 1 aromatic heterocycles. The molecule has 1 unspecified atom stereocenters. The van der Waals surface area contributed by atoms with Gasteiger partial charge < -0.3 is 7.43 Å². The van der Waals surface area contributed by atoms with Gasteiger partial charge in [-0.05, 0) is 61.9 Å². The summed E-state index contributed by atoms with van der Waals surface area (Å²) in [7, 11) is 0. The van der Waals surface area contributed by atoms with Gasteiger partial charge in [0.15, 0.2) is 24.7 Å². The van der Waals surface area contributed by atoms with E-state index in [9.17, 15) is 4.79 Å². The van der Waals surface area contributed by atoms with E-state index in [-0.39, 0.29) is 13.3 Å². The van der Waals surface area contributed by atoms with E-state index in [4.69, 9.17) is 0 Å². The second kappa shape index (κ2) is 8.10. The molecule has 0 saturated heterocycles. The van der Waals surface area contributed by atoms with Crippen LogP contribution in [0.15, 0.2) is 60.9 Å². The zero-order valence-corrected chi connectivity index (χ0v) is 17.3. The lowest BCUT2D eigenvalue weighted by Gasteiger charge is -2.10. The predicted molar refractivity (Wildman–Crippen MR) is 114 cm³/mol. The van der Waals surface area contributed by atoms with E-state index >= 15 is 0 Å². The Bertz CT molecular complexity index is 1000. The van der Waals surface area contributed by atoms with E-state index in [0.717, 1.165) is 24.9 Å². The molecule has 0 amide bonds. The topological polar surface area (TPSA) is 20.9 Å². The van der Waals surface area contributed by atoms with Crippen molar-refractivity contribution >= 4 is 5.78 Å². The molecule has 0 N–H and O–H groups in total. The van der Waals surface area contributed by atoms with Crippen LogP contribution in [0.2, 0.25) is 0 Å². The third kappa shape index (κ3) is 3.91. The zero-order valence-electron chi connectivity index (χ0n) is 17.3. The fraction of sp³-hybridized carbons (Fsp3) is 0.269. The Morgan fingerprint density at radius 3 is 2.39 bits per heavy atom. The van der Waals surface area contributed by atoms with Gasteiger partial charge in [0.05, 0.1) is 0 Å². The van der Waals surface area contributed by atoms with E-state index in [1.54, 1.807) is 0 Å². The molecule has 0 spiro atoms. The summed E-state index contributed by atoms with van der Waals surface area (Å²) in [5.74, 6) is 0.387. The van der Waals surface area contributed by atoms with Gasteiger partial charge in [0, 0.05) is 28.7 Å². The largest absolute Gasteiger partial charge is 0.358 e. The maximum atomic E-state index is 12.9. The molecule has 4 rings (SSSR count). The summed E-state index contributed by atoms with van der Waals surface area (Å²) in [6.45, 7) is 7.23. The van der Waals surface area contributed by atoms with E-state index in [0.29, 0.717) is 5.78 Å². The number of hydrogen-bond donors (Lipinski definition) is 0. The van der Waals surface area contributed by atoms with Crippen LogP contribution in [-0.2, 0) is 19.4 Å². The van der Waals surface area contributed by atoms with Gasteiger partial charge in [-0.25, -0.2) is 4.57 Å². The minimum atomic E-state index is 0. The summed E-state index contributed by atoms with van der Waals surface area (Å²) >= 11 is 0. The molecule has 1 heterocycles. The number of hydrogen-bond acceptors (Lipinski definition) is 1. The molecule has 1 atom stereocenters. The Kier molecular flexibility index (Phi) is 5.79. The Morgan fingerprint density at radius 1 is 0.964 bits per heavy atom. The van der Waals surface area contributed by atoms with Gasteiger partial charge >= 0.3 is 0 Å². The first-order chi connectivity index (χ1) is 13.0. The quantitative estimate of drug-likeness (QED) is 0.467. The molecule has 0 fully saturated rings. The number of pyridine rings is 1. The maximum Gasteiger partial charge on any atom is 0.173 e. The van der Waals surface area contributed by atoms with Crippen LogP contribution in [-0.4, -0.2) is 5.78 Å². The molecule has 144 valence electrons. The number of Topliss-reactive ketones (excluding diaryl/α,β-unsaturated/α-hetero) is 1. The highest BCUT2D eigenvalue weighted by atomic mass is 16.1. The summed E-state index contributed by atoms with van der Waals surface area (Å²) in [4.78, 5) is 12.9. The summed E-state index contributed by atoms with van der Waals surface area (Å²) in [5, 5.41) is 0.